The van der Waals surface area contributed by atoms with Crippen LogP contribution in [-0.4, -0.2) is 63.8 Å². The summed E-state index contributed by atoms with van der Waals surface area (Å²) in [5, 5.41) is 4.72. The Morgan fingerprint density at radius 3 is 2.85 bits per heavy atom. The number of nitrogens with one attached hydrogen (secondary N) is 1. The lowest BCUT2D eigenvalue weighted by Gasteiger charge is -2.22. The highest BCUT2D eigenvalue weighted by molar-refractivity contribution is 14.0. The molecule has 0 saturated carbocycles. The van der Waals surface area contributed by atoms with Crippen molar-refractivity contribution in [3.8, 4) is 0 Å². The fourth-order valence-electron chi connectivity index (χ4n) is 3.51. The van der Waals surface area contributed by atoms with Crippen molar-refractivity contribution < 1.29 is 4.74 Å². The van der Waals surface area contributed by atoms with E-state index in [1.165, 1.54) is 10.9 Å². The molecule has 1 saturated heterocycles. The Morgan fingerprint density at radius 2 is 2.15 bits per heavy atom. The maximum absolute atomic E-state index is 5.30. The number of hydrogen-bond donors (Lipinski definition) is 1. The Kier molecular flexibility index (Phi) is 8.09. The van der Waals surface area contributed by atoms with Gasteiger partial charge in [0.25, 0.3) is 0 Å². The molecule has 1 aromatic heterocycles. The van der Waals surface area contributed by atoms with Crippen molar-refractivity contribution in [2.75, 3.05) is 52.8 Å². The van der Waals surface area contributed by atoms with Crippen LogP contribution in [0, 0.1) is 5.92 Å². The van der Waals surface area contributed by atoms with E-state index >= 15 is 0 Å². The molecule has 0 aliphatic carbocycles. The number of hydrogen-bond acceptors (Lipinski definition) is 4. The van der Waals surface area contributed by atoms with Gasteiger partial charge < -0.3 is 19.9 Å². The van der Waals surface area contributed by atoms with Gasteiger partial charge in [0.1, 0.15) is 5.82 Å². The minimum Gasteiger partial charge on any atom is -0.384 e. The van der Waals surface area contributed by atoms with Crippen molar-refractivity contribution in [2.45, 2.75) is 13.0 Å². The molecule has 7 heteroatoms. The van der Waals surface area contributed by atoms with E-state index in [1.807, 2.05) is 32.1 Å². The standard InChI is InChI=1S/C20H29N5O.HI/c1-21-20(25-10-9-15(13-25)14-26-4)22-12-16-11-19(24(2)3)23-18-8-6-5-7-17(16)18;/h5-8,11,15H,9-10,12-14H2,1-4H3,(H,21,22);1H. The van der Waals surface area contributed by atoms with Gasteiger partial charge in [0.15, 0.2) is 5.96 Å². The van der Waals surface area contributed by atoms with Crippen molar-refractivity contribution in [3.63, 3.8) is 0 Å². The number of aliphatic imine (C=N–C) groups is 1. The van der Waals surface area contributed by atoms with Gasteiger partial charge in [-0.15, -0.1) is 24.0 Å². The van der Waals surface area contributed by atoms with Crippen LogP contribution in [0.4, 0.5) is 5.82 Å². The molecule has 1 atom stereocenters. The predicted molar refractivity (Wildman–Crippen MR) is 123 cm³/mol. The van der Waals surface area contributed by atoms with E-state index in [2.05, 4.69) is 39.5 Å². The Hall–Kier alpha value is -1.61. The van der Waals surface area contributed by atoms with Gasteiger partial charge in [0, 0.05) is 59.2 Å². The summed E-state index contributed by atoms with van der Waals surface area (Å²) in [4.78, 5) is 13.6. The normalized spacial score (nSPS) is 17.1. The lowest BCUT2D eigenvalue weighted by atomic mass is 10.1. The van der Waals surface area contributed by atoms with E-state index in [0.717, 1.165) is 50.0 Å². The van der Waals surface area contributed by atoms with Gasteiger partial charge in [-0.3, -0.25) is 4.99 Å². The smallest absolute Gasteiger partial charge is 0.193 e. The molecule has 148 valence electrons. The number of rotatable bonds is 5. The van der Waals surface area contributed by atoms with Crippen LogP contribution in [0.15, 0.2) is 35.3 Å². The van der Waals surface area contributed by atoms with Crippen LogP contribution in [0.1, 0.15) is 12.0 Å². The average Bonchev–Trinajstić information content (AvgIpc) is 3.10. The number of anilines is 1. The molecule has 1 unspecified atom stereocenters. The molecule has 6 nitrogen and oxygen atoms in total. The molecule has 1 aliphatic heterocycles. The number of pyridine rings is 1. The number of likely N-dealkylation sites (tertiary alicyclic amines) is 1. The summed E-state index contributed by atoms with van der Waals surface area (Å²) in [5.74, 6) is 2.51. The van der Waals surface area contributed by atoms with Gasteiger partial charge in [-0.1, -0.05) is 18.2 Å². The molecule has 2 aromatic rings. The van der Waals surface area contributed by atoms with E-state index in [0.29, 0.717) is 5.92 Å². The first kappa shape index (κ1) is 21.7. The lowest BCUT2D eigenvalue weighted by Crippen LogP contribution is -2.39. The molecule has 0 bridgehead atoms. The monoisotopic (exact) mass is 483 g/mol. The number of aromatic nitrogens is 1. The number of nitrogens with zero attached hydrogens (tertiary/aromatic N) is 4. The molecule has 1 fully saturated rings. The van der Waals surface area contributed by atoms with Gasteiger partial charge in [-0.25, -0.2) is 4.98 Å². The van der Waals surface area contributed by atoms with Crippen LogP contribution in [0.25, 0.3) is 10.9 Å². The zero-order valence-corrected chi connectivity index (χ0v) is 18.9. The van der Waals surface area contributed by atoms with E-state index in [9.17, 15) is 0 Å². The fourth-order valence-corrected chi connectivity index (χ4v) is 3.51. The summed E-state index contributed by atoms with van der Waals surface area (Å²) in [6.45, 7) is 3.55. The number of benzene rings is 1. The van der Waals surface area contributed by atoms with Gasteiger partial charge >= 0.3 is 0 Å². The summed E-state index contributed by atoms with van der Waals surface area (Å²) >= 11 is 0. The second kappa shape index (κ2) is 10.1. The molecule has 0 radical (unpaired) electrons. The minimum atomic E-state index is 0. The second-order valence-corrected chi connectivity index (χ2v) is 7.01. The van der Waals surface area contributed by atoms with Crippen LogP contribution in [-0.2, 0) is 11.3 Å². The van der Waals surface area contributed by atoms with Crippen LogP contribution < -0.4 is 10.2 Å². The highest BCUT2D eigenvalue weighted by Crippen LogP contribution is 2.22. The largest absolute Gasteiger partial charge is 0.384 e. The highest BCUT2D eigenvalue weighted by atomic mass is 127. The average molecular weight is 483 g/mol. The third-order valence-corrected chi connectivity index (χ3v) is 4.88. The molecule has 1 aliphatic rings. The first-order chi connectivity index (χ1) is 12.6. The highest BCUT2D eigenvalue weighted by Gasteiger charge is 2.24. The maximum Gasteiger partial charge on any atom is 0.193 e. The minimum absolute atomic E-state index is 0. The molecular weight excluding hydrogens is 453 g/mol. The van der Waals surface area contributed by atoms with Gasteiger partial charge in [0.2, 0.25) is 0 Å². The summed E-state index contributed by atoms with van der Waals surface area (Å²) in [6.07, 6.45) is 1.15. The van der Waals surface area contributed by atoms with E-state index in [4.69, 9.17) is 9.72 Å². The Bertz CT molecular complexity index is 780. The van der Waals surface area contributed by atoms with Crippen molar-refractivity contribution >= 4 is 46.7 Å². The molecule has 0 spiro atoms. The summed E-state index contributed by atoms with van der Waals surface area (Å²) in [5.41, 5.74) is 2.25. The van der Waals surface area contributed by atoms with Gasteiger partial charge in [0.05, 0.1) is 12.1 Å². The molecule has 2 heterocycles. The molecule has 0 amide bonds. The first-order valence-electron chi connectivity index (χ1n) is 9.13. The first-order valence-corrected chi connectivity index (χ1v) is 9.13. The van der Waals surface area contributed by atoms with E-state index < -0.39 is 0 Å². The van der Waals surface area contributed by atoms with Crippen molar-refractivity contribution in [1.29, 1.82) is 0 Å². The predicted octanol–water partition coefficient (Wildman–Crippen LogP) is 2.96. The number of methoxy groups -OCH3 is 1. The molecule has 1 N–H and O–H groups in total. The van der Waals surface area contributed by atoms with Crippen LogP contribution in [0.3, 0.4) is 0 Å². The molecule has 1 aromatic carbocycles. The van der Waals surface area contributed by atoms with E-state index in [-0.39, 0.29) is 24.0 Å². The number of fused-ring (bicyclic) bond motifs is 1. The Balaban J connectivity index is 0.00000261. The fraction of sp³-hybridized carbons (Fsp3) is 0.500. The molecular formula is C20H30IN5O. The second-order valence-electron chi connectivity index (χ2n) is 7.01. The number of guanidine groups is 1. The topological polar surface area (TPSA) is 53.0 Å². The SMILES string of the molecule is CN=C(NCc1cc(N(C)C)nc2ccccc12)N1CCC(COC)C1.I. The Morgan fingerprint density at radius 1 is 1.37 bits per heavy atom. The van der Waals surface area contributed by atoms with Crippen molar-refractivity contribution in [2.24, 2.45) is 10.9 Å². The van der Waals surface area contributed by atoms with Crippen molar-refractivity contribution in [1.82, 2.24) is 15.2 Å². The number of para-hydroxylation sites is 1. The van der Waals surface area contributed by atoms with E-state index in [1.54, 1.807) is 7.11 Å². The third kappa shape index (κ3) is 5.22. The summed E-state index contributed by atoms with van der Waals surface area (Å²) < 4.78 is 5.30. The van der Waals surface area contributed by atoms with Gasteiger partial charge in [-0.2, -0.15) is 0 Å². The van der Waals surface area contributed by atoms with Crippen LogP contribution in [0.5, 0.6) is 0 Å². The summed E-state index contributed by atoms with van der Waals surface area (Å²) in [6, 6.07) is 10.4. The maximum atomic E-state index is 5.30. The van der Waals surface area contributed by atoms with Crippen molar-refractivity contribution in [3.05, 3.63) is 35.9 Å². The lowest BCUT2D eigenvalue weighted by molar-refractivity contribution is 0.157. The summed E-state index contributed by atoms with van der Waals surface area (Å²) in [7, 11) is 7.66. The van der Waals surface area contributed by atoms with Crippen LogP contribution in [0.2, 0.25) is 0 Å². The molecule has 27 heavy (non-hydrogen) atoms. The van der Waals surface area contributed by atoms with Gasteiger partial charge in [-0.05, 0) is 24.1 Å². The third-order valence-electron chi connectivity index (χ3n) is 4.88. The van der Waals surface area contributed by atoms with Crippen LogP contribution >= 0.6 is 24.0 Å². The molecule has 3 rings (SSSR count). The zero-order valence-electron chi connectivity index (χ0n) is 16.6. The zero-order chi connectivity index (χ0) is 18.5. The number of ether oxygens (including phenoxy) is 1. The Labute approximate surface area is 179 Å². The number of halogens is 1. The quantitative estimate of drug-likeness (QED) is 0.403.